The van der Waals surface area contributed by atoms with Gasteiger partial charge in [-0.2, -0.15) is 0 Å². The molecule has 1 aliphatic carbocycles. The second-order valence-electron chi connectivity index (χ2n) is 12.9. The van der Waals surface area contributed by atoms with E-state index in [0.717, 1.165) is 19.3 Å². The molecule has 2 unspecified atom stereocenters. The number of rotatable bonds is 13. The average Bonchev–Trinajstić information content (AvgIpc) is 2.66. The van der Waals surface area contributed by atoms with Gasteiger partial charge in [-0.25, -0.2) is 9.59 Å². The van der Waals surface area contributed by atoms with Gasteiger partial charge in [-0.1, -0.05) is 34.6 Å². The van der Waals surface area contributed by atoms with E-state index in [9.17, 15) is 14.1 Å². The number of hydrogen-bond acceptors (Lipinski definition) is 7. The summed E-state index contributed by atoms with van der Waals surface area (Å²) in [5, 5.41) is 15.0. The summed E-state index contributed by atoms with van der Waals surface area (Å²) in [6, 6.07) is -0.0774. The van der Waals surface area contributed by atoms with Crippen LogP contribution in [0, 0.1) is 10.8 Å². The summed E-state index contributed by atoms with van der Waals surface area (Å²) in [5.41, 5.74) is -0.987. The van der Waals surface area contributed by atoms with Gasteiger partial charge >= 0.3 is 12.2 Å². The molecule has 2 atom stereocenters. The lowest BCUT2D eigenvalue weighted by Crippen LogP contribution is -2.51. The molecule has 0 aromatic carbocycles. The van der Waals surface area contributed by atoms with Crippen molar-refractivity contribution in [1.29, 1.82) is 0 Å². The summed E-state index contributed by atoms with van der Waals surface area (Å²) >= 11 is 0. The molecule has 0 spiro atoms. The lowest BCUT2D eigenvalue weighted by atomic mass is 9.62. The van der Waals surface area contributed by atoms with Gasteiger partial charge in [0.2, 0.25) is 0 Å². The molecule has 214 valence electrons. The Bertz CT molecular complexity index is 722. The van der Waals surface area contributed by atoms with Crippen LogP contribution in [0.15, 0.2) is 0 Å². The average molecular weight is 537 g/mol. The summed E-state index contributed by atoms with van der Waals surface area (Å²) in [4.78, 5) is 24.7. The van der Waals surface area contributed by atoms with Crippen molar-refractivity contribution in [1.82, 2.24) is 10.6 Å². The number of aliphatic hydroxyl groups excluding tert-OH is 1. The highest BCUT2D eigenvalue weighted by Crippen LogP contribution is 2.51. The van der Waals surface area contributed by atoms with Gasteiger partial charge in [-0.15, -0.1) is 10.3 Å². The zero-order valence-corrected chi connectivity index (χ0v) is 24.8. The molecule has 4 N–H and O–H groups in total. The Morgan fingerprint density at radius 3 is 2.22 bits per heavy atom. The van der Waals surface area contributed by atoms with Gasteiger partial charge in [0.25, 0.3) is 0 Å². The number of hydrogen-bond donors (Lipinski definition) is 4. The number of alkyl carbamates (subject to hydrolysis) is 2. The van der Waals surface area contributed by atoms with E-state index >= 15 is 0 Å². The summed E-state index contributed by atoms with van der Waals surface area (Å²) in [6.45, 7) is 15.4. The molecule has 0 aliphatic heterocycles. The van der Waals surface area contributed by atoms with Crippen molar-refractivity contribution in [2.45, 2.75) is 97.0 Å². The standard InChI is InChI=1S/C26H52N2O7S/c1-23(2)16-20(17-26(7,18-23)19-27-21(30)35-24(3,4)10-12-29)28-22(31)34-15-14-33-13-11-25(5,6)36(8,9)32/h20,29,32H,10-19H2,1-9H3,(H,27,30)(H,28,31). The van der Waals surface area contributed by atoms with Crippen LogP contribution in [0.2, 0.25) is 0 Å². The smallest absolute Gasteiger partial charge is 0.407 e. The van der Waals surface area contributed by atoms with Crippen LogP contribution in [0.3, 0.4) is 0 Å². The second kappa shape index (κ2) is 13.0. The lowest BCUT2D eigenvalue weighted by Gasteiger charge is -2.46. The third-order valence-electron chi connectivity index (χ3n) is 7.17. The van der Waals surface area contributed by atoms with Crippen molar-refractivity contribution in [3.63, 3.8) is 0 Å². The maximum absolute atomic E-state index is 12.4. The molecule has 0 bridgehead atoms. The molecule has 1 fully saturated rings. The van der Waals surface area contributed by atoms with E-state index in [4.69, 9.17) is 19.3 Å². The second-order valence-corrected chi connectivity index (χ2v) is 16.6. The number of aliphatic hydroxyl groups is 1. The fourth-order valence-electron chi connectivity index (χ4n) is 4.83. The van der Waals surface area contributed by atoms with Crippen molar-refractivity contribution >= 4 is 22.5 Å². The van der Waals surface area contributed by atoms with Crippen LogP contribution in [0.25, 0.3) is 0 Å². The molecule has 1 rings (SSSR count). The minimum absolute atomic E-state index is 0.0227. The SMILES string of the molecule is CC1(C)CC(NC(=O)OCCOCCC(C)(C)S(C)(C)O)CC(C)(CNC(=O)OC(C)(C)CCO)C1. The van der Waals surface area contributed by atoms with Crippen LogP contribution in [-0.4, -0.2) is 83.7 Å². The lowest BCUT2D eigenvalue weighted by molar-refractivity contribution is 0.0146. The van der Waals surface area contributed by atoms with Gasteiger partial charge < -0.3 is 34.5 Å². The molecule has 0 aromatic heterocycles. The molecular weight excluding hydrogens is 484 g/mol. The molecule has 10 heteroatoms. The first kappa shape index (κ1) is 32.8. The van der Waals surface area contributed by atoms with E-state index in [2.05, 4.69) is 31.4 Å². The zero-order chi connectivity index (χ0) is 27.8. The Morgan fingerprint density at radius 2 is 1.64 bits per heavy atom. The summed E-state index contributed by atoms with van der Waals surface area (Å²) in [7, 11) is -1.68. The van der Waals surface area contributed by atoms with Crippen LogP contribution >= 0.6 is 10.3 Å². The van der Waals surface area contributed by atoms with Crippen molar-refractivity contribution in [2.75, 3.05) is 45.5 Å². The molecule has 9 nitrogen and oxygen atoms in total. The van der Waals surface area contributed by atoms with E-state index in [1.54, 1.807) is 13.8 Å². The van der Waals surface area contributed by atoms with Crippen LogP contribution in [0.1, 0.15) is 80.6 Å². The zero-order valence-electron chi connectivity index (χ0n) is 24.0. The van der Waals surface area contributed by atoms with Crippen LogP contribution in [0.5, 0.6) is 0 Å². The quantitative estimate of drug-likeness (QED) is 0.246. The van der Waals surface area contributed by atoms with Gasteiger partial charge in [-0.05, 0) is 62.9 Å². The van der Waals surface area contributed by atoms with E-state index in [1.807, 2.05) is 26.4 Å². The van der Waals surface area contributed by atoms with Crippen molar-refractivity contribution in [2.24, 2.45) is 10.8 Å². The Balaban J connectivity index is 2.47. The molecular formula is C26H52N2O7S. The topological polar surface area (TPSA) is 126 Å². The van der Waals surface area contributed by atoms with Gasteiger partial charge in [0.1, 0.15) is 12.2 Å². The van der Waals surface area contributed by atoms with Gasteiger partial charge in [0.05, 0.1) is 6.61 Å². The molecule has 0 saturated heterocycles. The number of amides is 2. The third-order valence-corrected chi connectivity index (χ3v) is 10.1. The highest BCUT2D eigenvalue weighted by atomic mass is 32.3. The Labute approximate surface area is 219 Å². The van der Waals surface area contributed by atoms with Gasteiger partial charge in [-0.3, -0.25) is 0 Å². The maximum Gasteiger partial charge on any atom is 0.407 e. The predicted molar refractivity (Wildman–Crippen MR) is 146 cm³/mol. The predicted octanol–water partition coefficient (Wildman–Crippen LogP) is 4.91. The van der Waals surface area contributed by atoms with E-state index in [0.29, 0.717) is 32.6 Å². The Morgan fingerprint density at radius 1 is 1.00 bits per heavy atom. The van der Waals surface area contributed by atoms with Crippen LogP contribution < -0.4 is 10.6 Å². The number of ether oxygens (including phenoxy) is 3. The van der Waals surface area contributed by atoms with E-state index < -0.39 is 28.1 Å². The number of carbonyl (C=O) groups is 2. The van der Waals surface area contributed by atoms with E-state index in [1.165, 1.54) is 0 Å². The Hall–Kier alpha value is -1.23. The molecule has 1 saturated carbocycles. The summed E-state index contributed by atoms with van der Waals surface area (Å²) < 4.78 is 26.5. The first-order chi connectivity index (χ1) is 16.3. The van der Waals surface area contributed by atoms with Crippen LogP contribution in [-0.2, 0) is 14.2 Å². The monoisotopic (exact) mass is 536 g/mol. The Kier molecular flexibility index (Phi) is 11.9. The van der Waals surface area contributed by atoms with Crippen molar-refractivity contribution < 1.29 is 33.5 Å². The van der Waals surface area contributed by atoms with E-state index in [-0.39, 0.29) is 34.8 Å². The first-order valence-electron chi connectivity index (χ1n) is 12.8. The normalized spacial score (nSPS) is 23.0. The fraction of sp³-hybridized carbons (Fsp3) is 0.923. The number of nitrogens with one attached hydrogen (secondary N) is 2. The minimum Gasteiger partial charge on any atom is -0.447 e. The summed E-state index contributed by atoms with van der Waals surface area (Å²) in [5.74, 6) is 0. The first-order valence-corrected chi connectivity index (χ1v) is 15.2. The molecule has 0 radical (unpaired) electrons. The number of carbonyl (C=O) groups excluding carboxylic acids is 2. The molecule has 36 heavy (non-hydrogen) atoms. The molecule has 2 amide bonds. The minimum atomic E-state index is -1.68. The molecule has 0 aromatic rings. The fourth-order valence-corrected chi connectivity index (χ4v) is 5.42. The molecule has 0 heterocycles. The highest BCUT2D eigenvalue weighted by molar-refractivity contribution is 8.29. The maximum atomic E-state index is 12.4. The molecule has 1 aliphatic rings. The van der Waals surface area contributed by atoms with Crippen molar-refractivity contribution in [3.8, 4) is 0 Å². The largest absolute Gasteiger partial charge is 0.447 e. The highest BCUT2D eigenvalue weighted by Gasteiger charge is 2.42. The van der Waals surface area contributed by atoms with Crippen LogP contribution in [0.4, 0.5) is 9.59 Å². The van der Waals surface area contributed by atoms with Gasteiger partial charge in [0.15, 0.2) is 0 Å². The summed E-state index contributed by atoms with van der Waals surface area (Å²) in [6.07, 6.45) is 6.28. The van der Waals surface area contributed by atoms with Crippen molar-refractivity contribution in [3.05, 3.63) is 0 Å². The third kappa shape index (κ3) is 11.9. The van der Waals surface area contributed by atoms with Gasteiger partial charge in [0, 0.05) is 37.0 Å².